The van der Waals surface area contributed by atoms with Gasteiger partial charge in [0.15, 0.2) is 0 Å². The second-order valence-electron chi connectivity index (χ2n) is 6.85. The van der Waals surface area contributed by atoms with Gasteiger partial charge in [0.2, 0.25) is 0 Å². The molecule has 0 aliphatic rings. The van der Waals surface area contributed by atoms with Crippen molar-refractivity contribution in [2.75, 3.05) is 13.2 Å². The fourth-order valence-corrected chi connectivity index (χ4v) is 8.19. The smallest absolute Gasteiger partial charge is 0.351 e. The number of hydrogen-bond donors (Lipinski definition) is 7. The molecule has 22 nitrogen and oxygen atoms in total. The fourth-order valence-electron chi connectivity index (χ4n) is 2.28. The zero-order chi connectivity index (χ0) is 30.1. The Morgan fingerprint density at radius 1 is 0.821 bits per heavy atom. The Bertz CT molecular complexity index is 1250. The SMILES string of the molecule is O=C(NCCCCCCOP(=O)(O)OP(=O)(O)OP(=O)(O)OP(=O)(O)OP(=O)(O)O)c1ccc([N+](=O)[O-])cn1. The van der Waals surface area contributed by atoms with Crippen molar-refractivity contribution < 1.29 is 83.7 Å². The van der Waals surface area contributed by atoms with Gasteiger partial charge in [0.1, 0.15) is 11.9 Å². The van der Waals surface area contributed by atoms with E-state index < -0.39 is 56.6 Å². The Labute approximate surface area is 218 Å². The molecule has 1 aromatic heterocycles. The zero-order valence-corrected chi connectivity index (χ0v) is 23.6. The van der Waals surface area contributed by atoms with Crippen molar-refractivity contribution in [3.05, 3.63) is 34.1 Å². The van der Waals surface area contributed by atoms with E-state index in [9.17, 15) is 52.4 Å². The minimum Gasteiger partial charge on any atom is -0.351 e. The molecule has 7 N–H and O–H groups in total. The van der Waals surface area contributed by atoms with Crippen LogP contribution >= 0.6 is 39.1 Å². The Kier molecular flexibility index (Phi) is 13.4. The molecule has 0 spiro atoms. The van der Waals surface area contributed by atoms with Crippen molar-refractivity contribution in [3.8, 4) is 0 Å². The van der Waals surface area contributed by atoms with Gasteiger partial charge in [-0.05, 0) is 18.9 Å². The maximum atomic E-state index is 11.9. The Balaban J connectivity index is 2.37. The quantitative estimate of drug-likeness (QED) is 0.0508. The van der Waals surface area contributed by atoms with Gasteiger partial charge >= 0.3 is 39.1 Å². The van der Waals surface area contributed by atoms with Gasteiger partial charge < -0.3 is 34.7 Å². The molecule has 1 aromatic rings. The Hall–Kier alpha value is -1.27. The summed E-state index contributed by atoms with van der Waals surface area (Å²) in [5.41, 5.74) is -0.325. The van der Waals surface area contributed by atoms with Crippen LogP contribution in [0.1, 0.15) is 36.2 Å². The summed E-state index contributed by atoms with van der Waals surface area (Å²) < 4.78 is 74.8. The zero-order valence-electron chi connectivity index (χ0n) is 19.1. The number of unbranched alkanes of at least 4 members (excludes halogenated alkanes) is 3. The third-order valence-electron chi connectivity index (χ3n) is 3.63. The summed E-state index contributed by atoms with van der Waals surface area (Å²) in [4.78, 5) is 79.2. The molecule has 4 unspecified atom stereocenters. The van der Waals surface area contributed by atoms with E-state index in [1.165, 1.54) is 6.07 Å². The lowest BCUT2D eigenvalue weighted by molar-refractivity contribution is -0.385. The topological polar surface area (TPSA) is 338 Å². The van der Waals surface area contributed by atoms with Crippen molar-refractivity contribution in [2.24, 2.45) is 0 Å². The van der Waals surface area contributed by atoms with Crippen LogP contribution in [0.4, 0.5) is 5.69 Å². The van der Waals surface area contributed by atoms with Crippen LogP contribution < -0.4 is 5.32 Å². The van der Waals surface area contributed by atoms with E-state index in [0.717, 1.165) is 12.3 Å². The van der Waals surface area contributed by atoms with Gasteiger partial charge in [-0.3, -0.25) is 19.4 Å². The number of hydrogen-bond acceptors (Lipinski definition) is 14. The summed E-state index contributed by atoms with van der Waals surface area (Å²) in [6.45, 7) is -0.351. The molecule has 0 fully saturated rings. The lowest BCUT2D eigenvalue weighted by Crippen LogP contribution is -2.25. The second kappa shape index (κ2) is 14.6. The summed E-state index contributed by atoms with van der Waals surface area (Å²) in [6.07, 6.45) is 2.24. The maximum Gasteiger partial charge on any atom is 0.490 e. The van der Waals surface area contributed by atoms with Crippen LogP contribution in [0.3, 0.4) is 0 Å². The molecule has 0 saturated carbocycles. The molecule has 1 amide bonds. The number of rotatable bonds is 18. The van der Waals surface area contributed by atoms with E-state index >= 15 is 0 Å². The normalized spacial score (nSPS) is 18.2. The number of carbonyl (C=O) groups is 1. The summed E-state index contributed by atoms with van der Waals surface area (Å²) in [5, 5.41) is 13.1. The average Bonchev–Trinajstić information content (AvgIpc) is 2.70. The van der Waals surface area contributed by atoms with Crippen LogP contribution in [0.2, 0.25) is 0 Å². The number of pyridine rings is 1. The fraction of sp³-hybridized carbons (Fsp3) is 0.500. The molecule has 0 saturated heterocycles. The molecule has 27 heteroatoms. The monoisotopic (exact) mass is 667 g/mol. The number of nitrogens with zero attached hydrogens (tertiary/aromatic N) is 2. The highest BCUT2D eigenvalue weighted by atomic mass is 31.3. The highest BCUT2D eigenvalue weighted by molar-refractivity contribution is 7.71. The van der Waals surface area contributed by atoms with Gasteiger partial charge in [0, 0.05) is 12.6 Å². The van der Waals surface area contributed by atoms with Gasteiger partial charge in [-0.25, -0.2) is 27.8 Å². The van der Waals surface area contributed by atoms with Crippen molar-refractivity contribution in [2.45, 2.75) is 25.7 Å². The number of aromatic nitrogens is 1. The van der Waals surface area contributed by atoms with Crippen molar-refractivity contribution in [1.29, 1.82) is 0 Å². The first-order chi connectivity index (χ1) is 17.6. The van der Waals surface area contributed by atoms with Crippen molar-refractivity contribution >= 4 is 50.7 Å². The molecule has 1 rings (SSSR count). The highest BCUT2D eigenvalue weighted by Gasteiger charge is 2.47. The summed E-state index contributed by atoms with van der Waals surface area (Å²) >= 11 is 0. The molecule has 1 heterocycles. The Morgan fingerprint density at radius 3 is 1.82 bits per heavy atom. The first kappa shape index (κ1) is 35.8. The molecule has 224 valence electrons. The van der Waals surface area contributed by atoms with E-state index in [2.05, 4.69) is 32.1 Å². The molecule has 4 atom stereocenters. The minimum absolute atomic E-state index is 0.0400. The molecule has 0 radical (unpaired) electrons. The third-order valence-corrected chi connectivity index (χ3v) is 10.8. The number of phosphoric acid groups is 5. The van der Waals surface area contributed by atoms with Crippen LogP contribution in [-0.2, 0) is 44.6 Å². The van der Waals surface area contributed by atoms with Crippen molar-refractivity contribution in [1.82, 2.24) is 10.3 Å². The number of carbonyl (C=O) groups excluding carboxylic acids is 1. The lowest BCUT2D eigenvalue weighted by atomic mass is 10.2. The molecule has 0 bridgehead atoms. The van der Waals surface area contributed by atoms with E-state index in [1.54, 1.807) is 0 Å². The Morgan fingerprint density at radius 2 is 1.33 bits per heavy atom. The summed E-state index contributed by atoms with van der Waals surface area (Å²) in [7, 11) is -29.4. The molecule has 39 heavy (non-hydrogen) atoms. The van der Waals surface area contributed by atoms with Gasteiger partial charge in [-0.15, -0.1) is 0 Å². The molecular weight excluding hydrogens is 645 g/mol. The number of nitrogens with one attached hydrogen (secondary N) is 1. The predicted molar refractivity (Wildman–Crippen MR) is 123 cm³/mol. The van der Waals surface area contributed by atoms with E-state index in [1.807, 2.05) is 0 Å². The van der Waals surface area contributed by atoms with Crippen LogP contribution in [0, 0.1) is 10.1 Å². The first-order valence-corrected chi connectivity index (χ1v) is 17.4. The lowest BCUT2D eigenvalue weighted by Gasteiger charge is -2.19. The van der Waals surface area contributed by atoms with Crippen molar-refractivity contribution in [3.63, 3.8) is 0 Å². The van der Waals surface area contributed by atoms with Crippen LogP contribution in [0.15, 0.2) is 18.3 Å². The average molecular weight is 667 g/mol. The van der Waals surface area contributed by atoms with Crippen LogP contribution in [0.5, 0.6) is 0 Å². The van der Waals surface area contributed by atoms with Gasteiger partial charge in [-0.1, -0.05) is 12.8 Å². The first-order valence-electron chi connectivity index (χ1n) is 9.87. The molecule has 0 aliphatic heterocycles. The maximum absolute atomic E-state index is 11.9. The van der Waals surface area contributed by atoms with E-state index in [0.29, 0.717) is 19.3 Å². The standard InChI is InChI=1S/C12H22N3O19P5/c16-12(11-6-5-10(9-14-11)15(17)18)13-7-3-1-2-4-8-30-36(22,23)32-38(26,27)34-39(28,29)33-37(24,25)31-35(19,20)21/h5-6,9H,1-4,7-8H2,(H,13,16)(H,22,23)(H,24,25)(H,26,27)(H,28,29)(H2,19,20,21). The molecule has 0 aromatic carbocycles. The summed E-state index contributed by atoms with van der Waals surface area (Å²) in [6, 6.07) is 2.29. The highest BCUT2D eigenvalue weighted by Crippen LogP contribution is 2.73. The minimum atomic E-state index is -6.16. The van der Waals surface area contributed by atoms with E-state index in [4.69, 9.17) is 14.7 Å². The van der Waals surface area contributed by atoms with E-state index in [-0.39, 0.29) is 24.3 Å². The van der Waals surface area contributed by atoms with Crippen LogP contribution in [-0.4, -0.2) is 58.3 Å². The van der Waals surface area contributed by atoms with Crippen LogP contribution in [0.25, 0.3) is 0 Å². The summed E-state index contributed by atoms with van der Waals surface area (Å²) in [5.74, 6) is -0.573. The number of nitro groups is 1. The molecule has 0 aliphatic carbocycles. The van der Waals surface area contributed by atoms with Gasteiger partial charge in [-0.2, -0.15) is 17.2 Å². The number of phosphoric ester groups is 1. The van der Waals surface area contributed by atoms with Gasteiger partial charge in [0.05, 0.1) is 11.5 Å². The number of amides is 1. The largest absolute Gasteiger partial charge is 0.490 e. The predicted octanol–water partition coefficient (Wildman–Crippen LogP) is 1.86. The third kappa shape index (κ3) is 15.9. The van der Waals surface area contributed by atoms with Gasteiger partial charge in [0.25, 0.3) is 11.6 Å². The second-order valence-corrected chi connectivity index (χ2v) is 14.5. The molecular formula is C12H22N3O19P5.